The Kier molecular flexibility index (Phi) is 7.03. The van der Waals surface area contributed by atoms with Crippen molar-refractivity contribution >= 4 is 23.5 Å². The monoisotopic (exact) mass is 490 g/mol. The van der Waals surface area contributed by atoms with Crippen LogP contribution in [0, 0.1) is 0 Å². The number of amides is 1. The molecule has 1 aliphatic rings. The summed E-state index contributed by atoms with van der Waals surface area (Å²) in [6.07, 6.45) is -2.70. The van der Waals surface area contributed by atoms with Crippen molar-refractivity contribution in [1.29, 1.82) is 0 Å². The van der Waals surface area contributed by atoms with E-state index in [1.54, 1.807) is 28.8 Å². The van der Waals surface area contributed by atoms with Gasteiger partial charge in [-0.25, -0.2) is 0 Å². The maximum atomic E-state index is 13.1. The molecule has 0 unspecified atom stereocenters. The number of anilines is 3. The molecule has 186 valence electrons. The second-order valence-corrected chi connectivity index (χ2v) is 7.71. The summed E-state index contributed by atoms with van der Waals surface area (Å²) in [7, 11) is 0. The summed E-state index contributed by atoms with van der Waals surface area (Å²) < 4.78 is 46.3. The van der Waals surface area contributed by atoms with Crippen LogP contribution in [0.2, 0.25) is 0 Å². The van der Waals surface area contributed by atoms with Crippen molar-refractivity contribution in [3.63, 3.8) is 0 Å². The lowest BCUT2D eigenvalue weighted by Gasteiger charge is -2.34. The highest BCUT2D eigenvalue weighted by atomic mass is 19.4. The van der Waals surface area contributed by atoms with E-state index in [1.807, 2.05) is 11.8 Å². The van der Waals surface area contributed by atoms with Gasteiger partial charge in [-0.15, -0.1) is 0 Å². The number of carbonyl (C=O) groups excluding carboxylic acids is 1. The van der Waals surface area contributed by atoms with Crippen LogP contribution in [-0.4, -0.2) is 68.3 Å². The van der Waals surface area contributed by atoms with Gasteiger partial charge >= 0.3 is 12.2 Å². The van der Waals surface area contributed by atoms with Gasteiger partial charge in [0.1, 0.15) is 5.69 Å². The number of rotatable bonds is 7. The number of carbonyl (C=O) groups is 1. The minimum absolute atomic E-state index is 0.0515. The van der Waals surface area contributed by atoms with Crippen LogP contribution in [-0.2, 0) is 12.7 Å². The van der Waals surface area contributed by atoms with Crippen LogP contribution < -0.4 is 15.0 Å². The number of piperazine rings is 1. The summed E-state index contributed by atoms with van der Waals surface area (Å²) in [6.45, 7) is 6.49. The predicted molar refractivity (Wildman–Crippen MR) is 122 cm³/mol. The molecule has 0 spiro atoms. The quantitative estimate of drug-likeness (QED) is 0.539. The van der Waals surface area contributed by atoms with E-state index in [-0.39, 0.29) is 23.6 Å². The van der Waals surface area contributed by atoms with Crippen LogP contribution in [0.3, 0.4) is 0 Å². The van der Waals surface area contributed by atoms with E-state index in [0.717, 1.165) is 12.1 Å². The third-order valence-electron chi connectivity index (χ3n) is 5.36. The van der Waals surface area contributed by atoms with E-state index < -0.39 is 11.7 Å². The molecule has 1 amide bonds. The van der Waals surface area contributed by atoms with Gasteiger partial charge in [-0.1, -0.05) is 6.07 Å². The van der Waals surface area contributed by atoms with Crippen molar-refractivity contribution in [2.24, 2.45) is 0 Å². The van der Waals surface area contributed by atoms with Crippen molar-refractivity contribution < 1.29 is 22.7 Å². The first-order chi connectivity index (χ1) is 16.8. The molecule has 0 aliphatic carbocycles. The van der Waals surface area contributed by atoms with Crippen molar-refractivity contribution in [1.82, 2.24) is 29.6 Å². The van der Waals surface area contributed by atoms with Crippen LogP contribution in [0.1, 0.15) is 29.9 Å². The van der Waals surface area contributed by atoms with Gasteiger partial charge in [-0.2, -0.15) is 33.2 Å². The number of hydrogen-bond acceptors (Lipinski definition) is 8. The Bertz CT molecular complexity index is 1180. The van der Waals surface area contributed by atoms with Gasteiger partial charge in [0, 0.05) is 44.6 Å². The number of aromatic nitrogens is 5. The summed E-state index contributed by atoms with van der Waals surface area (Å²) >= 11 is 0. The molecule has 4 rings (SSSR count). The fourth-order valence-corrected chi connectivity index (χ4v) is 3.56. The van der Waals surface area contributed by atoms with Gasteiger partial charge in [0.2, 0.25) is 11.9 Å². The minimum Gasteiger partial charge on any atom is -0.464 e. The van der Waals surface area contributed by atoms with Crippen molar-refractivity contribution in [3.8, 4) is 6.01 Å². The summed E-state index contributed by atoms with van der Waals surface area (Å²) in [5.41, 5.74) is -0.209. The van der Waals surface area contributed by atoms with Gasteiger partial charge < -0.3 is 19.9 Å². The topological polar surface area (TPSA) is 101 Å². The Hall–Kier alpha value is -3.90. The zero-order valence-electron chi connectivity index (χ0n) is 19.3. The Morgan fingerprint density at radius 1 is 1.09 bits per heavy atom. The smallest absolute Gasteiger partial charge is 0.416 e. The molecule has 0 radical (unpaired) electrons. The number of hydrogen-bond donors (Lipinski definition) is 1. The molecule has 0 bridgehead atoms. The third-order valence-corrected chi connectivity index (χ3v) is 5.36. The first-order valence-electron chi connectivity index (χ1n) is 11.2. The molecule has 1 N–H and O–H groups in total. The molecular formula is C22H25F3N8O2. The number of nitrogens with zero attached hydrogens (tertiary/aromatic N) is 7. The highest BCUT2D eigenvalue weighted by molar-refractivity contribution is 5.92. The number of benzene rings is 1. The fourth-order valence-electron chi connectivity index (χ4n) is 3.56. The van der Waals surface area contributed by atoms with Crippen LogP contribution >= 0.6 is 0 Å². The molecule has 0 saturated carbocycles. The molecular weight excluding hydrogens is 465 g/mol. The molecule has 10 nitrogen and oxygen atoms in total. The second-order valence-electron chi connectivity index (χ2n) is 7.71. The lowest BCUT2D eigenvalue weighted by atomic mass is 10.2. The summed E-state index contributed by atoms with van der Waals surface area (Å²) in [6, 6.07) is 6.51. The van der Waals surface area contributed by atoms with E-state index in [1.165, 1.54) is 12.1 Å². The molecule has 2 aromatic heterocycles. The summed E-state index contributed by atoms with van der Waals surface area (Å²) in [5, 5.41) is 7.08. The first-order valence-corrected chi connectivity index (χ1v) is 11.2. The second kappa shape index (κ2) is 10.2. The Morgan fingerprint density at radius 3 is 2.51 bits per heavy atom. The largest absolute Gasteiger partial charge is 0.464 e. The molecule has 13 heteroatoms. The molecule has 1 aliphatic heterocycles. The van der Waals surface area contributed by atoms with E-state index in [2.05, 4.69) is 25.4 Å². The van der Waals surface area contributed by atoms with E-state index in [0.29, 0.717) is 51.0 Å². The predicted octanol–water partition coefficient (Wildman–Crippen LogP) is 3.21. The van der Waals surface area contributed by atoms with Crippen LogP contribution in [0.5, 0.6) is 6.01 Å². The third kappa shape index (κ3) is 5.78. The molecule has 3 aromatic rings. The molecule has 3 heterocycles. The van der Waals surface area contributed by atoms with Crippen molar-refractivity contribution in [2.45, 2.75) is 26.6 Å². The SMILES string of the molecule is CCOc1nc(Nc2cccc(C(F)(F)F)c2)nc(N2CCN(C(=O)c3ccn(CC)n3)CC2)n1. The summed E-state index contributed by atoms with van der Waals surface area (Å²) in [4.78, 5) is 29.2. The highest BCUT2D eigenvalue weighted by Crippen LogP contribution is 2.31. The van der Waals surface area contributed by atoms with Gasteiger partial charge in [0.05, 0.1) is 12.2 Å². The minimum atomic E-state index is -4.47. The van der Waals surface area contributed by atoms with Gasteiger partial charge in [-0.3, -0.25) is 9.48 Å². The molecule has 0 atom stereocenters. The van der Waals surface area contributed by atoms with Gasteiger partial charge in [0.25, 0.3) is 5.91 Å². The maximum absolute atomic E-state index is 13.1. The highest BCUT2D eigenvalue weighted by Gasteiger charge is 2.30. The first kappa shape index (κ1) is 24.2. The van der Waals surface area contributed by atoms with Gasteiger partial charge in [0.15, 0.2) is 0 Å². The number of halogens is 3. The normalized spacial score (nSPS) is 14.2. The van der Waals surface area contributed by atoms with Crippen LogP contribution in [0.25, 0.3) is 0 Å². The fraction of sp³-hybridized carbons (Fsp3) is 0.409. The molecule has 1 fully saturated rings. The van der Waals surface area contributed by atoms with E-state index >= 15 is 0 Å². The van der Waals surface area contributed by atoms with E-state index in [9.17, 15) is 18.0 Å². The maximum Gasteiger partial charge on any atom is 0.416 e. The standard InChI is InChI=1S/C22H25F3N8O2/c1-3-33-9-8-17(30-33)18(34)31-10-12-32(13-11-31)20-27-19(28-21(29-20)35-4-2)26-16-7-5-6-15(14-16)22(23,24)25/h5-9,14H,3-4,10-13H2,1-2H3,(H,26,27,28,29). The Balaban J connectivity index is 1.48. The number of nitrogens with one attached hydrogen (secondary N) is 1. The Labute approximate surface area is 199 Å². The van der Waals surface area contributed by atoms with Gasteiger partial charge in [-0.05, 0) is 38.1 Å². The van der Waals surface area contributed by atoms with Crippen molar-refractivity contribution in [3.05, 3.63) is 47.8 Å². The van der Waals surface area contributed by atoms with Crippen LogP contribution in [0.15, 0.2) is 36.5 Å². The number of ether oxygens (including phenoxy) is 1. The lowest BCUT2D eigenvalue weighted by molar-refractivity contribution is -0.137. The zero-order valence-corrected chi connectivity index (χ0v) is 19.3. The summed E-state index contributed by atoms with van der Waals surface area (Å²) in [5.74, 6) is 0.219. The zero-order chi connectivity index (χ0) is 25.0. The average Bonchev–Trinajstić information content (AvgIpc) is 3.33. The number of aryl methyl sites for hydroxylation is 1. The van der Waals surface area contributed by atoms with Crippen LogP contribution in [0.4, 0.5) is 30.8 Å². The molecule has 1 saturated heterocycles. The lowest BCUT2D eigenvalue weighted by Crippen LogP contribution is -2.49. The van der Waals surface area contributed by atoms with E-state index in [4.69, 9.17) is 4.74 Å². The van der Waals surface area contributed by atoms with Crippen molar-refractivity contribution in [2.75, 3.05) is 43.0 Å². The number of alkyl halides is 3. The average molecular weight is 490 g/mol. The molecule has 1 aromatic carbocycles. The molecule has 35 heavy (non-hydrogen) atoms. The Morgan fingerprint density at radius 2 is 1.86 bits per heavy atom.